The summed E-state index contributed by atoms with van der Waals surface area (Å²) in [5, 5.41) is 3.72. The van der Waals surface area contributed by atoms with Crippen LogP contribution in [-0.4, -0.2) is 50.8 Å². The van der Waals surface area contributed by atoms with Gasteiger partial charge in [0.1, 0.15) is 0 Å². The minimum absolute atomic E-state index is 0.342. The second-order valence-electron chi connectivity index (χ2n) is 7.74. The maximum Gasteiger partial charge on any atom is 0.0596 e. The summed E-state index contributed by atoms with van der Waals surface area (Å²) in [6.45, 7) is 14.2. The van der Waals surface area contributed by atoms with Crippen LogP contribution in [0, 0.1) is 11.3 Å². The number of hydrogen-bond donors (Lipinski definition) is 1. The third-order valence-electron chi connectivity index (χ3n) is 4.50. The summed E-state index contributed by atoms with van der Waals surface area (Å²) in [7, 11) is 2.25. The molecule has 0 aromatic heterocycles. The predicted molar refractivity (Wildman–Crippen MR) is 91.8 cm³/mol. The molecule has 1 rings (SSSR count). The first-order valence-electron chi connectivity index (χ1n) is 8.94. The molecule has 0 aliphatic heterocycles. The molecule has 1 saturated carbocycles. The van der Waals surface area contributed by atoms with Gasteiger partial charge in [0.15, 0.2) is 0 Å². The van der Waals surface area contributed by atoms with Crippen LogP contribution in [0.1, 0.15) is 59.8 Å². The lowest BCUT2D eigenvalue weighted by atomic mass is 9.73. The predicted octanol–water partition coefficient (Wildman–Crippen LogP) is 3.54. The van der Waals surface area contributed by atoms with Crippen LogP contribution in [0.2, 0.25) is 0 Å². The van der Waals surface area contributed by atoms with Crippen molar-refractivity contribution in [3.63, 3.8) is 0 Å². The fourth-order valence-electron chi connectivity index (χ4n) is 3.41. The second-order valence-corrected chi connectivity index (χ2v) is 7.74. The van der Waals surface area contributed by atoms with E-state index in [2.05, 4.69) is 45.0 Å². The Bertz CT molecular complexity index is 260. The van der Waals surface area contributed by atoms with Gasteiger partial charge in [0.2, 0.25) is 0 Å². The van der Waals surface area contributed by atoms with Crippen molar-refractivity contribution in [3.8, 4) is 0 Å². The summed E-state index contributed by atoms with van der Waals surface area (Å²) in [6.07, 6.45) is 7.33. The number of ether oxygens (including phenoxy) is 1. The van der Waals surface area contributed by atoms with Gasteiger partial charge in [-0.15, -0.1) is 0 Å². The van der Waals surface area contributed by atoms with Crippen molar-refractivity contribution >= 4 is 0 Å². The van der Waals surface area contributed by atoms with Gasteiger partial charge >= 0.3 is 0 Å². The summed E-state index contributed by atoms with van der Waals surface area (Å²) in [5.74, 6) is 0.739. The number of likely N-dealkylation sites (N-methyl/N-ethyl adjacent to an activating group) is 1. The molecule has 0 spiro atoms. The third kappa shape index (κ3) is 8.18. The lowest BCUT2D eigenvalue weighted by Gasteiger charge is -2.40. The van der Waals surface area contributed by atoms with Gasteiger partial charge < -0.3 is 15.0 Å². The monoisotopic (exact) mass is 298 g/mol. The molecule has 1 aliphatic carbocycles. The molecule has 0 saturated heterocycles. The molecular weight excluding hydrogens is 260 g/mol. The van der Waals surface area contributed by atoms with Crippen molar-refractivity contribution in [2.75, 3.05) is 39.8 Å². The molecule has 3 nitrogen and oxygen atoms in total. The van der Waals surface area contributed by atoms with Gasteiger partial charge in [-0.3, -0.25) is 0 Å². The fourth-order valence-corrected chi connectivity index (χ4v) is 3.41. The van der Waals surface area contributed by atoms with Crippen molar-refractivity contribution in [2.45, 2.75) is 65.9 Å². The molecule has 1 fully saturated rings. The average Bonchev–Trinajstić information content (AvgIpc) is 2.38. The zero-order valence-electron chi connectivity index (χ0n) is 15.1. The van der Waals surface area contributed by atoms with Crippen LogP contribution in [0.25, 0.3) is 0 Å². The molecule has 0 unspecified atom stereocenters. The van der Waals surface area contributed by atoms with E-state index in [9.17, 15) is 0 Å². The van der Waals surface area contributed by atoms with Crippen LogP contribution >= 0.6 is 0 Å². The minimum Gasteiger partial charge on any atom is -0.377 e. The third-order valence-corrected chi connectivity index (χ3v) is 4.50. The van der Waals surface area contributed by atoms with E-state index >= 15 is 0 Å². The average molecular weight is 299 g/mol. The van der Waals surface area contributed by atoms with E-state index in [1.807, 2.05) is 0 Å². The molecule has 0 aromatic rings. The molecule has 0 bridgehead atoms. The highest BCUT2D eigenvalue weighted by Gasteiger charge is 2.32. The Morgan fingerprint density at radius 1 is 1.10 bits per heavy atom. The summed E-state index contributed by atoms with van der Waals surface area (Å²) < 4.78 is 5.69. The molecule has 126 valence electrons. The molecule has 1 aliphatic rings. The van der Waals surface area contributed by atoms with Crippen LogP contribution in [0.4, 0.5) is 0 Å². The van der Waals surface area contributed by atoms with Gasteiger partial charge in [-0.05, 0) is 51.6 Å². The first-order chi connectivity index (χ1) is 9.93. The number of rotatable bonds is 10. The van der Waals surface area contributed by atoms with Gasteiger partial charge in [-0.2, -0.15) is 0 Å². The van der Waals surface area contributed by atoms with E-state index in [-0.39, 0.29) is 0 Å². The number of hydrogen-bond acceptors (Lipinski definition) is 3. The molecular formula is C18H38N2O. The lowest BCUT2D eigenvalue weighted by Crippen LogP contribution is -2.45. The normalized spacial score (nSPS) is 18.9. The first kappa shape index (κ1) is 18.9. The summed E-state index contributed by atoms with van der Waals surface area (Å²) in [5.41, 5.74) is 0.486. The highest BCUT2D eigenvalue weighted by molar-refractivity contribution is 4.87. The molecule has 0 amide bonds. The Balaban J connectivity index is 2.40. The van der Waals surface area contributed by atoms with Crippen molar-refractivity contribution in [1.29, 1.82) is 0 Å². The van der Waals surface area contributed by atoms with Gasteiger partial charge in [-0.25, -0.2) is 0 Å². The fraction of sp³-hybridized carbons (Fsp3) is 1.00. The molecule has 0 heterocycles. The smallest absolute Gasteiger partial charge is 0.0596 e. The Kier molecular flexibility index (Phi) is 8.84. The maximum absolute atomic E-state index is 5.69. The van der Waals surface area contributed by atoms with E-state index in [0.29, 0.717) is 11.5 Å². The van der Waals surface area contributed by atoms with Gasteiger partial charge in [0.25, 0.3) is 0 Å². The minimum atomic E-state index is 0.342. The van der Waals surface area contributed by atoms with Crippen molar-refractivity contribution in [3.05, 3.63) is 0 Å². The summed E-state index contributed by atoms with van der Waals surface area (Å²) >= 11 is 0. The van der Waals surface area contributed by atoms with Crippen LogP contribution in [-0.2, 0) is 4.74 Å². The maximum atomic E-state index is 5.69. The van der Waals surface area contributed by atoms with Crippen molar-refractivity contribution in [2.24, 2.45) is 11.3 Å². The zero-order chi connectivity index (χ0) is 15.7. The van der Waals surface area contributed by atoms with Crippen LogP contribution in [0.15, 0.2) is 0 Å². The van der Waals surface area contributed by atoms with Gasteiger partial charge in [0.05, 0.1) is 12.7 Å². The highest BCUT2D eigenvalue weighted by Crippen LogP contribution is 2.36. The molecule has 0 aromatic carbocycles. The SMILES string of the molecule is CC(C)CNCC1(CN(C)CCOC(C)C)CCCCC1. The van der Waals surface area contributed by atoms with E-state index < -0.39 is 0 Å². The summed E-state index contributed by atoms with van der Waals surface area (Å²) in [6, 6.07) is 0. The van der Waals surface area contributed by atoms with Crippen LogP contribution < -0.4 is 5.32 Å². The van der Waals surface area contributed by atoms with E-state index in [0.717, 1.165) is 25.6 Å². The molecule has 1 N–H and O–H groups in total. The van der Waals surface area contributed by atoms with Gasteiger partial charge in [-0.1, -0.05) is 33.1 Å². The Hall–Kier alpha value is -0.120. The van der Waals surface area contributed by atoms with Crippen LogP contribution in [0.5, 0.6) is 0 Å². The Morgan fingerprint density at radius 2 is 1.76 bits per heavy atom. The van der Waals surface area contributed by atoms with E-state index in [1.165, 1.54) is 45.2 Å². The van der Waals surface area contributed by atoms with Crippen LogP contribution in [0.3, 0.4) is 0 Å². The van der Waals surface area contributed by atoms with Gasteiger partial charge in [0, 0.05) is 19.6 Å². The van der Waals surface area contributed by atoms with Crippen molar-refractivity contribution in [1.82, 2.24) is 10.2 Å². The number of nitrogens with one attached hydrogen (secondary N) is 1. The summed E-state index contributed by atoms with van der Waals surface area (Å²) in [4.78, 5) is 2.48. The molecule has 3 heteroatoms. The quantitative estimate of drug-likeness (QED) is 0.667. The molecule has 21 heavy (non-hydrogen) atoms. The van der Waals surface area contributed by atoms with Crippen molar-refractivity contribution < 1.29 is 4.74 Å². The standard InChI is InChI=1S/C18H38N2O/c1-16(2)13-19-14-18(9-7-6-8-10-18)15-20(5)11-12-21-17(3)4/h16-17,19H,6-15H2,1-5H3. The lowest BCUT2D eigenvalue weighted by molar-refractivity contribution is 0.0475. The molecule has 0 atom stereocenters. The zero-order valence-corrected chi connectivity index (χ0v) is 15.1. The first-order valence-corrected chi connectivity index (χ1v) is 8.94. The number of nitrogens with zero attached hydrogens (tertiary/aromatic N) is 1. The molecule has 0 radical (unpaired) electrons. The highest BCUT2D eigenvalue weighted by atomic mass is 16.5. The second kappa shape index (κ2) is 9.81. The Morgan fingerprint density at radius 3 is 2.33 bits per heavy atom. The topological polar surface area (TPSA) is 24.5 Å². The van der Waals surface area contributed by atoms with E-state index in [1.54, 1.807) is 0 Å². The Labute approximate surface area is 132 Å². The van der Waals surface area contributed by atoms with E-state index in [4.69, 9.17) is 4.74 Å². The largest absolute Gasteiger partial charge is 0.377 e.